The number of likely N-dealkylation sites (tertiary alicyclic amines) is 1. The first-order valence-corrected chi connectivity index (χ1v) is 13.7. The lowest BCUT2D eigenvalue weighted by molar-refractivity contribution is -0.139. The Morgan fingerprint density at radius 1 is 1.18 bits per heavy atom. The number of hydrogen-bond donors (Lipinski definition) is 1. The second-order valence-corrected chi connectivity index (χ2v) is 11.5. The van der Waals surface area contributed by atoms with Gasteiger partial charge < -0.3 is 15.1 Å². The number of nitriles is 1. The summed E-state index contributed by atoms with van der Waals surface area (Å²) >= 11 is 0. The van der Waals surface area contributed by atoms with E-state index in [9.17, 15) is 27.6 Å². The molecule has 2 aromatic carbocycles. The van der Waals surface area contributed by atoms with Gasteiger partial charge in [0, 0.05) is 18.3 Å². The van der Waals surface area contributed by atoms with Gasteiger partial charge in [0.1, 0.15) is 5.82 Å². The Morgan fingerprint density at radius 2 is 1.95 bits per heavy atom. The van der Waals surface area contributed by atoms with Crippen LogP contribution in [-0.4, -0.2) is 48.6 Å². The summed E-state index contributed by atoms with van der Waals surface area (Å²) in [6, 6.07) is 12.1. The molecule has 5 rings (SSSR count). The van der Waals surface area contributed by atoms with Crippen LogP contribution in [0.25, 0.3) is 0 Å². The molecule has 2 aromatic rings. The number of amides is 2. The monoisotopic (exact) mass is 542 g/mol. The lowest BCUT2D eigenvalue weighted by Gasteiger charge is -2.38. The van der Waals surface area contributed by atoms with Crippen molar-refractivity contribution in [1.82, 2.24) is 9.80 Å². The van der Waals surface area contributed by atoms with Crippen molar-refractivity contribution in [1.29, 1.82) is 5.26 Å². The Morgan fingerprint density at radius 3 is 2.64 bits per heavy atom. The quantitative estimate of drug-likeness (QED) is 0.409. The molecule has 1 heterocycles. The third-order valence-corrected chi connectivity index (χ3v) is 9.12. The van der Waals surface area contributed by atoms with Crippen molar-refractivity contribution in [3.05, 3.63) is 65.0 Å². The fourth-order valence-electron chi connectivity index (χ4n) is 6.68. The molecular formula is C30H34F4N4O. The smallest absolute Gasteiger partial charge is 0.322 e. The van der Waals surface area contributed by atoms with E-state index in [4.69, 9.17) is 0 Å². The van der Waals surface area contributed by atoms with Gasteiger partial charge in [0.05, 0.1) is 17.2 Å². The molecule has 0 unspecified atom stereocenters. The molecule has 0 radical (unpaired) electrons. The predicted molar refractivity (Wildman–Crippen MR) is 141 cm³/mol. The SMILES string of the molecule is CN1CCC(CCN(C(=O)Nc2ccc(F)c(C(F)(F)F)c2)[C@@H]2CC[C@]3(c4cccc(C#N)c4)C[C@@H]3C2)CC1. The second kappa shape index (κ2) is 10.8. The molecule has 0 spiro atoms. The predicted octanol–water partition coefficient (Wildman–Crippen LogP) is 6.79. The number of halogens is 4. The highest BCUT2D eigenvalue weighted by atomic mass is 19.4. The van der Waals surface area contributed by atoms with Gasteiger partial charge in [-0.15, -0.1) is 0 Å². The standard InChI is InChI=1S/C30H34F4N4O/c1-37-12-8-20(9-13-37)10-14-38(28(39)36-24-5-6-27(31)26(17-24)30(32,33)34)25-7-11-29(18-23(29)16-25)22-4-2-3-21(15-22)19-35/h2-6,15,17,20,23,25H,7-14,16,18H2,1H3,(H,36,39)/t23-,25+,29+/m0/s1. The summed E-state index contributed by atoms with van der Waals surface area (Å²) in [5.41, 5.74) is 0.406. The maximum Gasteiger partial charge on any atom is 0.419 e. The number of carbonyl (C=O) groups is 1. The number of hydrogen-bond acceptors (Lipinski definition) is 3. The molecule has 0 aromatic heterocycles. The van der Waals surface area contributed by atoms with Crippen molar-refractivity contribution in [2.75, 3.05) is 32.0 Å². The summed E-state index contributed by atoms with van der Waals surface area (Å²) < 4.78 is 53.6. The van der Waals surface area contributed by atoms with E-state index in [-0.39, 0.29) is 17.1 Å². The molecule has 3 fully saturated rings. The molecule has 9 heteroatoms. The minimum atomic E-state index is -4.85. The Bertz CT molecular complexity index is 1250. The van der Waals surface area contributed by atoms with Crippen LogP contribution in [0, 0.1) is 29.0 Å². The number of nitrogens with one attached hydrogen (secondary N) is 1. The molecule has 0 bridgehead atoms. The molecule has 5 nitrogen and oxygen atoms in total. The van der Waals surface area contributed by atoms with Gasteiger partial charge in [-0.2, -0.15) is 18.4 Å². The number of rotatable bonds is 6. The Balaban J connectivity index is 1.31. The first-order valence-electron chi connectivity index (χ1n) is 13.7. The molecular weight excluding hydrogens is 508 g/mol. The zero-order chi connectivity index (χ0) is 27.8. The Hall–Kier alpha value is -3.12. The molecule has 208 valence electrons. The number of piperidine rings is 1. The van der Waals surface area contributed by atoms with Gasteiger partial charge in [-0.05, 0) is 118 Å². The van der Waals surface area contributed by atoms with Crippen molar-refractivity contribution in [2.45, 2.75) is 62.6 Å². The van der Waals surface area contributed by atoms with Crippen LogP contribution in [0.1, 0.15) is 61.6 Å². The summed E-state index contributed by atoms with van der Waals surface area (Å²) in [4.78, 5) is 17.6. The van der Waals surface area contributed by atoms with Gasteiger partial charge in [0.2, 0.25) is 0 Å². The van der Waals surface area contributed by atoms with Gasteiger partial charge in [0.25, 0.3) is 0 Å². The van der Waals surface area contributed by atoms with Crippen molar-refractivity contribution < 1.29 is 22.4 Å². The number of fused-ring (bicyclic) bond motifs is 1. The first kappa shape index (κ1) is 27.4. The molecule has 3 aliphatic rings. The highest BCUT2D eigenvalue weighted by molar-refractivity contribution is 5.89. The Labute approximate surface area is 226 Å². The van der Waals surface area contributed by atoms with Crippen LogP contribution < -0.4 is 5.32 Å². The van der Waals surface area contributed by atoms with E-state index in [0.29, 0.717) is 30.0 Å². The van der Waals surface area contributed by atoms with E-state index < -0.39 is 23.6 Å². The van der Waals surface area contributed by atoms with E-state index >= 15 is 0 Å². The lowest BCUT2D eigenvalue weighted by atomic mass is 9.79. The highest BCUT2D eigenvalue weighted by Gasteiger charge is 2.58. The summed E-state index contributed by atoms with van der Waals surface area (Å²) in [6.45, 7) is 2.56. The molecule has 3 atom stereocenters. The van der Waals surface area contributed by atoms with Crippen LogP contribution in [0.2, 0.25) is 0 Å². The third kappa shape index (κ3) is 5.91. The summed E-state index contributed by atoms with van der Waals surface area (Å²) in [6.07, 6.45) is 1.62. The first-order chi connectivity index (χ1) is 18.6. The van der Waals surface area contributed by atoms with E-state index in [0.717, 1.165) is 64.1 Å². The maximum absolute atomic E-state index is 13.8. The van der Waals surface area contributed by atoms with Gasteiger partial charge in [0.15, 0.2) is 0 Å². The molecule has 2 saturated carbocycles. The van der Waals surface area contributed by atoms with Crippen molar-refractivity contribution >= 4 is 11.7 Å². The lowest BCUT2D eigenvalue weighted by Crippen LogP contribution is -2.46. The van der Waals surface area contributed by atoms with Crippen molar-refractivity contribution in [2.24, 2.45) is 11.8 Å². The molecule has 2 aliphatic carbocycles. The van der Waals surface area contributed by atoms with Crippen LogP contribution in [0.4, 0.5) is 28.0 Å². The van der Waals surface area contributed by atoms with Crippen LogP contribution in [0.5, 0.6) is 0 Å². The number of urea groups is 1. The van der Waals surface area contributed by atoms with E-state index in [1.807, 2.05) is 17.0 Å². The normalized spacial score (nSPS) is 25.4. The summed E-state index contributed by atoms with van der Waals surface area (Å²) in [5, 5.41) is 12.0. The fourth-order valence-corrected chi connectivity index (χ4v) is 6.68. The van der Waals surface area contributed by atoms with Crippen LogP contribution in [-0.2, 0) is 11.6 Å². The van der Waals surface area contributed by atoms with Crippen LogP contribution in [0.3, 0.4) is 0 Å². The molecule has 2 amide bonds. The van der Waals surface area contributed by atoms with Crippen LogP contribution in [0.15, 0.2) is 42.5 Å². The fraction of sp³-hybridized carbons (Fsp3) is 0.533. The summed E-state index contributed by atoms with van der Waals surface area (Å²) in [5.74, 6) is -0.472. The second-order valence-electron chi connectivity index (χ2n) is 11.5. The number of benzene rings is 2. The van der Waals surface area contributed by atoms with Gasteiger partial charge in [-0.1, -0.05) is 12.1 Å². The maximum atomic E-state index is 13.8. The molecule has 39 heavy (non-hydrogen) atoms. The van der Waals surface area contributed by atoms with Crippen LogP contribution >= 0.6 is 0 Å². The van der Waals surface area contributed by atoms with E-state index in [1.165, 1.54) is 11.6 Å². The number of anilines is 1. The highest BCUT2D eigenvalue weighted by Crippen LogP contribution is 2.63. The largest absolute Gasteiger partial charge is 0.419 e. The van der Waals surface area contributed by atoms with Crippen molar-refractivity contribution in [3.8, 4) is 6.07 Å². The topological polar surface area (TPSA) is 59.4 Å². The molecule has 1 N–H and O–H groups in total. The number of carbonyl (C=O) groups excluding carboxylic acids is 1. The minimum Gasteiger partial charge on any atom is -0.322 e. The average Bonchev–Trinajstić information content (AvgIpc) is 3.66. The molecule has 1 saturated heterocycles. The number of nitrogens with zero attached hydrogens (tertiary/aromatic N) is 3. The number of alkyl halides is 3. The average molecular weight is 543 g/mol. The van der Waals surface area contributed by atoms with Crippen molar-refractivity contribution in [3.63, 3.8) is 0 Å². The molecule has 1 aliphatic heterocycles. The summed E-state index contributed by atoms with van der Waals surface area (Å²) in [7, 11) is 2.10. The van der Waals surface area contributed by atoms with Gasteiger partial charge >= 0.3 is 12.2 Å². The Kier molecular flexibility index (Phi) is 7.60. The van der Waals surface area contributed by atoms with E-state index in [1.54, 1.807) is 6.07 Å². The van der Waals surface area contributed by atoms with Gasteiger partial charge in [-0.25, -0.2) is 9.18 Å². The van der Waals surface area contributed by atoms with Gasteiger partial charge in [-0.3, -0.25) is 0 Å². The van der Waals surface area contributed by atoms with E-state index in [2.05, 4.69) is 29.4 Å². The zero-order valence-electron chi connectivity index (χ0n) is 22.1. The third-order valence-electron chi connectivity index (χ3n) is 9.12. The zero-order valence-corrected chi connectivity index (χ0v) is 22.1. The minimum absolute atomic E-state index is 0.0291.